The lowest BCUT2D eigenvalue weighted by Gasteiger charge is -2.10. The minimum Gasteiger partial charge on any atom is -0.349 e. The predicted molar refractivity (Wildman–Crippen MR) is 78.2 cm³/mol. The molecule has 0 aromatic heterocycles. The monoisotopic (exact) mass is 353 g/mol. The van der Waals surface area contributed by atoms with Gasteiger partial charge in [-0.15, -0.1) is 0 Å². The van der Waals surface area contributed by atoms with E-state index in [0.29, 0.717) is 6.04 Å². The van der Waals surface area contributed by atoms with Gasteiger partial charge in [-0.25, -0.2) is 0 Å². The molecule has 1 aromatic carbocycles. The fourth-order valence-corrected chi connectivity index (χ4v) is 4.71. The molecular weight excluding hydrogens is 337 g/mol. The third-order valence-corrected chi connectivity index (χ3v) is 5.86. The van der Waals surface area contributed by atoms with Gasteiger partial charge in [-0.2, -0.15) is 0 Å². The zero-order valence-electron chi connectivity index (χ0n) is 10.1. The highest BCUT2D eigenvalue weighted by atomic mass is 127. The molecule has 4 unspecified atom stereocenters. The van der Waals surface area contributed by atoms with Crippen LogP contribution in [0.3, 0.4) is 0 Å². The normalized spacial score (nSPS) is 39.5. The Labute approximate surface area is 121 Å². The molecule has 0 aliphatic heterocycles. The van der Waals surface area contributed by atoms with Gasteiger partial charge in [-0.3, -0.25) is 4.79 Å². The van der Waals surface area contributed by atoms with Gasteiger partial charge in [0.15, 0.2) is 0 Å². The van der Waals surface area contributed by atoms with Crippen LogP contribution in [0, 0.1) is 27.2 Å². The fraction of sp³-hybridized carbons (Fsp3) is 0.533. The summed E-state index contributed by atoms with van der Waals surface area (Å²) >= 11 is 2.26. The molecule has 0 heterocycles. The van der Waals surface area contributed by atoms with Gasteiger partial charge in [-0.1, -0.05) is 0 Å². The van der Waals surface area contributed by atoms with Crippen LogP contribution in [0.1, 0.15) is 29.6 Å². The quantitative estimate of drug-likeness (QED) is 0.814. The molecule has 2 nitrogen and oxygen atoms in total. The number of carbonyl (C=O) groups is 1. The Morgan fingerprint density at radius 1 is 1.11 bits per heavy atom. The summed E-state index contributed by atoms with van der Waals surface area (Å²) in [5.41, 5.74) is 0.799. The van der Waals surface area contributed by atoms with Gasteiger partial charge in [0.25, 0.3) is 5.91 Å². The summed E-state index contributed by atoms with van der Waals surface area (Å²) in [6.45, 7) is 0. The third-order valence-electron chi connectivity index (χ3n) is 5.14. The number of nitrogens with one attached hydrogen (secondary N) is 1. The van der Waals surface area contributed by atoms with Crippen LogP contribution in [0.25, 0.3) is 0 Å². The lowest BCUT2D eigenvalue weighted by Crippen LogP contribution is -2.29. The first-order chi connectivity index (χ1) is 8.74. The van der Waals surface area contributed by atoms with Gasteiger partial charge in [0, 0.05) is 15.2 Å². The average Bonchev–Trinajstić information content (AvgIpc) is 2.78. The van der Waals surface area contributed by atoms with Crippen molar-refractivity contribution in [1.82, 2.24) is 5.32 Å². The summed E-state index contributed by atoms with van der Waals surface area (Å²) in [7, 11) is 0. The van der Waals surface area contributed by atoms with Gasteiger partial charge in [-0.05, 0) is 89.8 Å². The van der Waals surface area contributed by atoms with Crippen LogP contribution in [0.5, 0.6) is 0 Å². The molecule has 3 heteroatoms. The molecule has 2 bridgehead atoms. The standard InChI is InChI=1S/C15H16INO/c16-11-5-3-8(4-6-11)15(18)17-14-12-9-1-2-10(7-9)13(12)14/h3-6,9-10,12-14H,1-2,7H2,(H,17,18). The SMILES string of the molecule is O=C(NC1C2C3CCC(C3)C12)c1ccc(I)cc1. The molecule has 3 saturated carbocycles. The summed E-state index contributed by atoms with van der Waals surface area (Å²) in [6, 6.07) is 8.32. The second-order valence-corrected chi connectivity index (χ2v) is 7.24. The van der Waals surface area contributed by atoms with Gasteiger partial charge in [0.1, 0.15) is 0 Å². The summed E-state index contributed by atoms with van der Waals surface area (Å²) in [6.07, 6.45) is 4.24. The van der Waals surface area contributed by atoms with E-state index in [4.69, 9.17) is 0 Å². The van der Waals surface area contributed by atoms with E-state index in [-0.39, 0.29) is 5.91 Å². The van der Waals surface area contributed by atoms with Crippen LogP contribution < -0.4 is 5.32 Å². The Morgan fingerprint density at radius 2 is 1.72 bits per heavy atom. The van der Waals surface area contributed by atoms with Crippen molar-refractivity contribution < 1.29 is 4.79 Å². The maximum absolute atomic E-state index is 12.2. The molecule has 4 rings (SSSR count). The number of carbonyl (C=O) groups excluding carboxylic acids is 1. The molecule has 0 radical (unpaired) electrons. The summed E-state index contributed by atoms with van der Waals surface area (Å²) in [4.78, 5) is 12.2. The van der Waals surface area contributed by atoms with Crippen molar-refractivity contribution in [2.24, 2.45) is 23.7 Å². The Balaban J connectivity index is 1.44. The van der Waals surface area contributed by atoms with Crippen LogP contribution >= 0.6 is 22.6 Å². The molecule has 0 spiro atoms. The van der Waals surface area contributed by atoms with Crippen LogP contribution in [-0.2, 0) is 0 Å². The number of amides is 1. The minimum atomic E-state index is 0.116. The smallest absolute Gasteiger partial charge is 0.251 e. The number of hydrogen-bond donors (Lipinski definition) is 1. The predicted octanol–water partition coefficient (Wildman–Crippen LogP) is 3.07. The highest BCUT2D eigenvalue weighted by molar-refractivity contribution is 14.1. The van der Waals surface area contributed by atoms with E-state index in [2.05, 4.69) is 27.9 Å². The van der Waals surface area contributed by atoms with Crippen LogP contribution in [0.15, 0.2) is 24.3 Å². The summed E-state index contributed by atoms with van der Waals surface area (Å²) in [5, 5.41) is 3.25. The second-order valence-electron chi connectivity index (χ2n) is 5.99. The van der Waals surface area contributed by atoms with Gasteiger partial charge in [0.05, 0.1) is 0 Å². The molecule has 18 heavy (non-hydrogen) atoms. The van der Waals surface area contributed by atoms with Crippen molar-refractivity contribution in [2.45, 2.75) is 25.3 Å². The number of benzene rings is 1. The topological polar surface area (TPSA) is 29.1 Å². The van der Waals surface area contributed by atoms with E-state index in [1.54, 1.807) is 0 Å². The molecule has 3 fully saturated rings. The van der Waals surface area contributed by atoms with Gasteiger partial charge >= 0.3 is 0 Å². The van der Waals surface area contributed by atoms with Crippen LogP contribution in [0.4, 0.5) is 0 Å². The van der Waals surface area contributed by atoms with Gasteiger partial charge in [0.2, 0.25) is 0 Å². The summed E-state index contributed by atoms with van der Waals surface area (Å²) < 4.78 is 1.17. The van der Waals surface area contributed by atoms with E-state index in [1.165, 1.54) is 22.8 Å². The molecule has 1 amide bonds. The zero-order valence-corrected chi connectivity index (χ0v) is 12.3. The molecule has 3 aliphatic carbocycles. The molecule has 3 aliphatic rings. The highest BCUT2D eigenvalue weighted by Crippen LogP contribution is 2.65. The number of halogens is 1. The first-order valence-electron chi connectivity index (χ1n) is 6.80. The number of fused-ring (bicyclic) bond motifs is 5. The highest BCUT2D eigenvalue weighted by Gasteiger charge is 2.65. The van der Waals surface area contributed by atoms with E-state index in [9.17, 15) is 4.79 Å². The first kappa shape index (κ1) is 11.3. The van der Waals surface area contributed by atoms with Crippen molar-refractivity contribution in [2.75, 3.05) is 0 Å². The van der Waals surface area contributed by atoms with Crippen molar-refractivity contribution in [3.8, 4) is 0 Å². The molecule has 94 valence electrons. The van der Waals surface area contributed by atoms with Gasteiger partial charge < -0.3 is 5.32 Å². The molecule has 0 saturated heterocycles. The van der Waals surface area contributed by atoms with Crippen molar-refractivity contribution in [1.29, 1.82) is 0 Å². The average molecular weight is 353 g/mol. The molecule has 1 aromatic rings. The Kier molecular flexibility index (Phi) is 2.47. The number of rotatable bonds is 2. The second kappa shape index (κ2) is 3.95. The van der Waals surface area contributed by atoms with E-state index >= 15 is 0 Å². The molecular formula is C15H16INO. The molecule has 1 N–H and O–H groups in total. The fourth-order valence-electron chi connectivity index (χ4n) is 4.35. The first-order valence-corrected chi connectivity index (χ1v) is 7.88. The van der Waals surface area contributed by atoms with E-state index in [0.717, 1.165) is 29.2 Å². The lowest BCUT2D eigenvalue weighted by atomic mass is 10.0. The van der Waals surface area contributed by atoms with Crippen LogP contribution in [0.2, 0.25) is 0 Å². The van der Waals surface area contributed by atoms with E-state index in [1.807, 2.05) is 24.3 Å². The minimum absolute atomic E-state index is 0.116. The lowest BCUT2D eigenvalue weighted by molar-refractivity contribution is 0.0944. The number of hydrogen-bond acceptors (Lipinski definition) is 1. The Hall–Kier alpha value is -0.580. The zero-order chi connectivity index (χ0) is 12.3. The maximum atomic E-state index is 12.2. The maximum Gasteiger partial charge on any atom is 0.251 e. The van der Waals surface area contributed by atoms with Crippen molar-refractivity contribution >= 4 is 28.5 Å². The van der Waals surface area contributed by atoms with E-state index < -0.39 is 0 Å². The van der Waals surface area contributed by atoms with Crippen LogP contribution in [-0.4, -0.2) is 11.9 Å². The largest absolute Gasteiger partial charge is 0.349 e. The summed E-state index contributed by atoms with van der Waals surface area (Å²) in [5.74, 6) is 3.59. The Bertz CT molecular complexity index is 482. The third kappa shape index (κ3) is 1.63. The Morgan fingerprint density at radius 3 is 2.33 bits per heavy atom. The van der Waals surface area contributed by atoms with Crippen molar-refractivity contribution in [3.63, 3.8) is 0 Å². The molecule has 4 atom stereocenters. The van der Waals surface area contributed by atoms with Crippen molar-refractivity contribution in [3.05, 3.63) is 33.4 Å².